The molecule has 2 rings (SSSR count). The number of amides is 1. The van der Waals surface area contributed by atoms with Gasteiger partial charge in [-0.05, 0) is 24.6 Å². The van der Waals surface area contributed by atoms with Crippen LogP contribution in [0.5, 0.6) is 0 Å². The molecule has 5 nitrogen and oxygen atoms in total. The van der Waals surface area contributed by atoms with Crippen LogP contribution < -0.4 is 9.62 Å². The van der Waals surface area contributed by atoms with Crippen molar-refractivity contribution in [3.8, 4) is 0 Å². The van der Waals surface area contributed by atoms with Gasteiger partial charge in [0.1, 0.15) is 6.04 Å². The highest BCUT2D eigenvalue weighted by atomic mass is 32.2. The van der Waals surface area contributed by atoms with Gasteiger partial charge in [-0.1, -0.05) is 30.3 Å². The fourth-order valence-electron chi connectivity index (χ4n) is 2.59. The molecule has 1 unspecified atom stereocenters. The predicted octanol–water partition coefficient (Wildman–Crippen LogP) is 3.17. The van der Waals surface area contributed by atoms with Crippen LogP contribution in [0.15, 0.2) is 48.5 Å². The van der Waals surface area contributed by atoms with Crippen LogP contribution in [0.4, 0.5) is 14.5 Å². The number of anilines is 1. The summed E-state index contributed by atoms with van der Waals surface area (Å²) in [6.45, 7) is 1.75. The molecule has 0 radical (unpaired) electrons. The maximum atomic E-state index is 13.5. The van der Waals surface area contributed by atoms with Crippen molar-refractivity contribution >= 4 is 33.4 Å². The van der Waals surface area contributed by atoms with E-state index < -0.39 is 33.6 Å². The lowest BCUT2D eigenvalue weighted by Crippen LogP contribution is -2.48. The van der Waals surface area contributed by atoms with Gasteiger partial charge >= 0.3 is 0 Å². The minimum absolute atomic E-state index is 0.109. The predicted molar refractivity (Wildman–Crippen MR) is 109 cm³/mol. The Labute approximate surface area is 168 Å². The molecule has 0 heterocycles. The highest BCUT2D eigenvalue weighted by Crippen LogP contribution is 2.23. The van der Waals surface area contributed by atoms with Gasteiger partial charge in [0.05, 0.1) is 11.9 Å². The molecule has 28 heavy (non-hydrogen) atoms. The SMILES string of the molecule is CC(C(=O)NCCSCc1ccccc1)N(c1ccc(F)c(F)c1)S(C)(=O)=O. The second-order valence-corrected chi connectivity index (χ2v) is 9.13. The Bertz CT molecular complexity index is 909. The summed E-state index contributed by atoms with van der Waals surface area (Å²) in [5.74, 6) is -1.34. The Morgan fingerprint density at radius 2 is 1.82 bits per heavy atom. The summed E-state index contributed by atoms with van der Waals surface area (Å²) in [4.78, 5) is 12.4. The van der Waals surface area contributed by atoms with E-state index in [0.29, 0.717) is 12.3 Å². The molecule has 0 aliphatic carbocycles. The molecule has 2 aromatic carbocycles. The number of thioether (sulfide) groups is 1. The van der Waals surface area contributed by atoms with Gasteiger partial charge in [-0.25, -0.2) is 17.2 Å². The second kappa shape index (κ2) is 9.88. The molecular weight excluding hydrogens is 406 g/mol. The average molecular weight is 429 g/mol. The van der Waals surface area contributed by atoms with Crippen LogP contribution in [-0.2, 0) is 20.6 Å². The molecule has 1 amide bonds. The maximum Gasteiger partial charge on any atom is 0.243 e. The van der Waals surface area contributed by atoms with Crippen molar-refractivity contribution in [1.29, 1.82) is 0 Å². The van der Waals surface area contributed by atoms with E-state index in [9.17, 15) is 22.0 Å². The molecule has 0 aliphatic rings. The van der Waals surface area contributed by atoms with Crippen molar-refractivity contribution in [3.05, 3.63) is 65.7 Å². The Morgan fingerprint density at radius 3 is 2.43 bits per heavy atom. The number of benzene rings is 2. The lowest BCUT2D eigenvalue weighted by atomic mass is 10.2. The summed E-state index contributed by atoms with van der Waals surface area (Å²) in [6, 6.07) is 11.5. The number of sulfonamides is 1. The number of carbonyl (C=O) groups is 1. The van der Waals surface area contributed by atoms with E-state index in [2.05, 4.69) is 5.32 Å². The van der Waals surface area contributed by atoms with Crippen molar-refractivity contribution in [1.82, 2.24) is 5.32 Å². The lowest BCUT2D eigenvalue weighted by molar-refractivity contribution is -0.121. The second-order valence-electron chi connectivity index (χ2n) is 6.16. The fourth-order valence-corrected chi connectivity index (χ4v) is 4.57. The molecular formula is C19H22F2N2O3S2. The smallest absolute Gasteiger partial charge is 0.243 e. The zero-order chi connectivity index (χ0) is 20.7. The molecule has 0 aliphatic heterocycles. The maximum absolute atomic E-state index is 13.5. The minimum atomic E-state index is -3.88. The van der Waals surface area contributed by atoms with Crippen LogP contribution in [0.1, 0.15) is 12.5 Å². The van der Waals surface area contributed by atoms with Crippen molar-refractivity contribution in [2.24, 2.45) is 0 Å². The first-order chi connectivity index (χ1) is 13.2. The molecule has 9 heteroatoms. The average Bonchev–Trinajstić information content (AvgIpc) is 2.64. The van der Waals surface area contributed by atoms with Crippen LogP contribution in [0, 0.1) is 11.6 Å². The van der Waals surface area contributed by atoms with Crippen LogP contribution >= 0.6 is 11.8 Å². The zero-order valence-corrected chi connectivity index (χ0v) is 17.2. The van der Waals surface area contributed by atoms with Gasteiger partial charge in [-0.2, -0.15) is 11.8 Å². The van der Waals surface area contributed by atoms with E-state index in [4.69, 9.17) is 0 Å². The molecule has 152 valence electrons. The Kier molecular flexibility index (Phi) is 7.82. The van der Waals surface area contributed by atoms with E-state index in [0.717, 1.165) is 34.5 Å². The summed E-state index contributed by atoms with van der Waals surface area (Å²) in [5.41, 5.74) is 1.07. The third-order valence-electron chi connectivity index (χ3n) is 3.90. The Balaban J connectivity index is 1.95. The van der Waals surface area contributed by atoms with E-state index in [1.165, 1.54) is 12.5 Å². The molecule has 0 spiro atoms. The van der Waals surface area contributed by atoms with Gasteiger partial charge in [0.2, 0.25) is 15.9 Å². The molecule has 1 atom stereocenters. The monoisotopic (exact) mass is 428 g/mol. The largest absolute Gasteiger partial charge is 0.353 e. The highest BCUT2D eigenvalue weighted by molar-refractivity contribution is 7.98. The molecule has 1 N–H and O–H groups in total. The zero-order valence-electron chi connectivity index (χ0n) is 15.6. The summed E-state index contributed by atoms with van der Waals surface area (Å²) in [5, 5.41) is 2.68. The third-order valence-corrected chi connectivity index (χ3v) is 6.18. The van der Waals surface area contributed by atoms with E-state index in [1.54, 1.807) is 11.8 Å². The molecule has 0 saturated heterocycles. The highest BCUT2D eigenvalue weighted by Gasteiger charge is 2.29. The molecule has 2 aromatic rings. The number of nitrogens with one attached hydrogen (secondary N) is 1. The summed E-state index contributed by atoms with van der Waals surface area (Å²) < 4.78 is 51.7. The first-order valence-electron chi connectivity index (χ1n) is 8.54. The number of hydrogen-bond donors (Lipinski definition) is 1. The fraction of sp³-hybridized carbons (Fsp3) is 0.316. The van der Waals surface area contributed by atoms with Crippen LogP contribution in [0.25, 0.3) is 0 Å². The standard InChI is InChI=1S/C19H22F2N2O3S2/c1-14(19(24)22-10-11-27-13-15-6-4-3-5-7-15)23(28(2,25)26)16-8-9-17(20)18(21)12-16/h3-9,12,14H,10-11,13H2,1-2H3,(H,22,24). The third kappa shape index (κ3) is 6.20. The van der Waals surface area contributed by atoms with Crippen molar-refractivity contribution in [2.75, 3.05) is 22.9 Å². The quantitative estimate of drug-likeness (QED) is 0.623. The van der Waals surface area contributed by atoms with Gasteiger partial charge in [0, 0.05) is 24.1 Å². The Morgan fingerprint density at radius 1 is 1.14 bits per heavy atom. The molecule has 0 saturated carbocycles. The van der Waals surface area contributed by atoms with Gasteiger partial charge in [0.25, 0.3) is 0 Å². The number of carbonyl (C=O) groups excluding carboxylic acids is 1. The number of nitrogens with zero attached hydrogens (tertiary/aromatic N) is 1. The first kappa shape index (κ1) is 22.2. The normalized spacial score (nSPS) is 12.4. The minimum Gasteiger partial charge on any atom is -0.353 e. The summed E-state index contributed by atoms with van der Waals surface area (Å²) in [6.07, 6.45) is 0.910. The van der Waals surface area contributed by atoms with Crippen molar-refractivity contribution in [3.63, 3.8) is 0 Å². The number of hydrogen-bond acceptors (Lipinski definition) is 4. The summed E-state index contributed by atoms with van der Waals surface area (Å²) >= 11 is 1.64. The molecule has 0 aromatic heterocycles. The first-order valence-corrected chi connectivity index (χ1v) is 11.5. The van der Waals surface area contributed by atoms with Gasteiger partial charge in [-0.3, -0.25) is 9.10 Å². The van der Waals surface area contributed by atoms with Gasteiger partial charge in [0.15, 0.2) is 11.6 Å². The van der Waals surface area contributed by atoms with Crippen LogP contribution in [0.3, 0.4) is 0 Å². The van der Waals surface area contributed by atoms with E-state index in [1.807, 2.05) is 30.3 Å². The van der Waals surface area contributed by atoms with E-state index in [-0.39, 0.29) is 5.69 Å². The number of rotatable bonds is 9. The summed E-state index contributed by atoms with van der Waals surface area (Å²) in [7, 11) is -3.88. The lowest BCUT2D eigenvalue weighted by Gasteiger charge is -2.28. The number of halogens is 2. The molecule has 0 bridgehead atoms. The topological polar surface area (TPSA) is 66.5 Å². The van der Waals surface area contributed by atoms with Crippen molar-refractivity contribution in [2.45, 2.75) is 18.7 Å². The van der Waals surface area contributed by atoms with Gasteiger partial charge in [-0.15, -0.1) is 0 Å². The van der Waals surface area contributed by atoms with Gasteiger partial charge < -0.3 is 5.32 Å². The van der Waals surface area contributed by atoms with E-state index >= 15 is 0 Å². The molecule has 0 fully saturated rings. The van der Waals surface area contributed by atoms with Crippen LogP contribution in [0.2, 0.25) is 0 Å². The van der Waals surface area contributed by atoms with Crippen molar-refractivity contribution < 1.29 is 22.0 Å². The van der Waals surface area contributed by atoms with Crippen LogP contribution in [-0.4, -0.2) is 38.9 Å². The Hall–Kier alpha value is -2.13.